The number of hydrogen-bond donors (Lipinski definition) is 7. The number of carboxylic acids is 1. The van der Waals surface area contributed by atoms with E-state index in [0.717, 1.165) is 9.80 Å². The van der Waals surface area contributed by atoms with Crippen LogP contribution in [0.5, 0.6) is 0 Å². The fraction of sp³-hybridized carbons (Fsp3) is 0.786. The molecule has 1 saturated heterocycles. The fourth-order valence-corrected chi connectivity index (χ4v) is 12.9. The van der Waals surface area contributed by atoms with Crippen molar-refractivity contribution in [3.63, 3.8) is 0 Å². The molecule has 7 N–H and O–H groups in total. The van der Waals surface area contributed by atoms with Crippen molar-refractivity contribution in [1.29, 1.82) is 0 Å². The van der Waals surface area contributed by atoms with Crippen molar-refractivity contribution >= 4 is 88.6 Å². The van der Waals surface area contributed by atoms with Crippen molar-refractivity contribution in [1.82, 2.24) is 60.9 Å². The molecule has 1 fully saturated rings. The summed E-state index contributed by atoms with van der Waals surface area (Å²) in [4.78, 5) is 196. The van der Waals surface area contributed by atoms with Crippen LogP contribution in [0.1, 0.15) is 175 Å². The Kier molecular flexibility index (Phi) is 38.5. The summed E-state index contributed by atoms with van der Waals surface area (Å²) in [5, 5.41) is 35.2. The second kappa shape index (κ2) is 42.3. The smallest absolute Gasteiger partial charge is 0.303 e. The maximum atomic E-state index is 15.4. The normalized spacial score (nSPS) is 25.6. The number of carbonyl (C=O) groups is 13. The van der Waals surface area contributed by atoms with Crippen molar-refractivity contribution in [2.75, 3.05) is 67.4 Å². The van der Waals surface area contributed by atoms with Crippen LogP contribution < -0.4 is 26.6 Å². The van der Waals surface area contributed by atoms with E-state index in [2.05, 4.69) is 26.6 Å². The predicted molar refractivity (Wildman–Crippen MR) is 379 cm³/mol. The van der Waals surface area contributed by atoms with E-state index >= 15 is 28.8 Å². The molecular formula is C70H124N12O15S. The number of allylic oxidation sites excluding steroid dienone is 2. The molecular weight excluding hydrogens is 1280 g/mol. The highest BCUT2D eigenvalue weighted by Crippen LogP contribution is 2.26. The van der Waals surface area contributed by atoms with Gasteiger partial charge in [-0.25, -0.2) is 0 Å². The highest BCUT2D eigenvalue weighted by atomic mass is 32.2. The number of thioether (sulfide) groups is 1. The lowest BCUT2D eigenvalue weighted by molar-refractivity contribution is -0.157. The Balaban J connectivity index is 4.53. The number of rotatable bonds is 24. The van der Waals surface area contributed by atoms with Gasteiger partial charge in [-0.15, -0.1) is 0 Å². The third-order valence-corrected chi connectivity index (χ3v) is 19.1. The molecule has 560 valence electrons. The minimum Gasteiger partial charge on any atom is -0.481 e. The molecule has 2 unspecified atom stereocenters. The van der Waals surface area contributed by atoms with Crippen molar-refractivity contribution < 1.29 is 72.5 Å². The lowest BCUT2D eigenvalue weighted by atomic mass is 9.91. The zero-order valence-corrected chi connectivity index (χ0v) is 64.2. The number of hydrogen-bond acceptors (Lipinski definition) is 15. The lowest BCUT2D eigenvalue weighted by Gasteiger charge is -2.41. The minimum absolute atomic E-state index is 0.0383. The third-order valence-electron chi connectivity index (χ3n) is 18.0. The number of carboxylic acid groups (broad SMARTS) is 1. The molecule has 0 aromatic heterocycles. The Morgan fingerprint density at radius 3 is 1.40 bits per heavy atom. The molecule has 0 saturated carbocycles. The van der Waals surface area contributed by atoms with Gasteiger partial charge in [0.1, 0.15) is 66.5 Å². The van der Waals surface area contributed by atoms with Crippen molar-refractivity contribution in [3.05, 3.63) is 12.2 Å². The van der Waals surface area contributed by atoms with Gasteiger partial charge in [0.25, 0.3) is 0 Å². The third kappa shape index (κ3) is 26.7. The molecule has 0 bridgehead atoms. The molecule has 0 aromatic carbocycles. The quantitative estimate of drug-likeness (QED) is 0.0535. The zero-order valence-electron chi connectivity index (χ0n) is 63.4. The fourth-order valence-electron chi connectivity index (χ4n) is 11.9. The van der Waals surface area contributed by atoms with Gasteiger partial charge in [-0.1, -0.05) is 109 Å². The SMILES string of the molecule is C/C=C/C[C@@H](C)[C@@H](O)C1C(=O)N[C@@H](CC)C(=O)N(C)C(CSCCNC(=O)CCCC(=O)O)C(=O)N(C)[C@@H](CC(C)C)C(=O)N[C@@H](C(C)C)C(=O)N(C)[C@@H](CC(C)C)C(=O)N[C@@H](C)C(=O)N[C@H](C)C(=O)N(C)[C@@H](CC(C)C)C(=O)N(C)[C@@H](CC(C)C)C(=O)N(C)[C@@H](C(C)C)C(=O)N1C. The second-order valence-electron chi connectivity index (χ2n) is 29.0. The molecule has 0 spiro atoms. The first kappa shape index (κ1) is 89.2. The van der Waals surface area contributed by atoms with Gasteiger partial charge in [-0.3, -0.25) is 62.3 Å². The van der Waals surface area contributed by atoms with Crippen LogP contribution in [0.25, 0.3) is 0 Å². The van der Waals surface area contributed by atoms with Gasteiger partial charge >= 0.3 is 5.97 Å². The molecule has 1 rings (SSSR count). The first-order chi connectivity index (χ1) is 45.4. The zero-order chi connectivity index (χ0) is 75.7. The molecule has 0 radical (unpaired) electrons. The van der Waals surface area contributed by atoms with Gasteiger partial charge < -0.3 is 71.1 Å². The van der Waals surface area contributed by atoms with E-state index in [9.17, 15) is 38.7 Å². The maximum Gasteiger partial charge on any atom is 0.303 e. The van der Waals surface area contributed by atoms with Gasteiger partial charge in [0.05, 0.1) is 6.10 Å². The van der Waals surface area contributed by atoms with Crippen LogP contribution in [0.15, 0.2) is 12.2 Å². The lowest BCUT2D eigenvalue weighted by Crippen LogP contribution is -2.64. The predicted octanol–water partition coefficient (Wildman–Crippen LogP) is 3.74. The summed E-state index contributed by atoms with van der Waals surface area (Å²) in [7, 11) is 9.80. The first-order valence-electron chi connectivity index (χ1n) is 34.9. The van der Waals surface area contributed by atoms with E-state index in [0.29, 0.717) is 0 Å². The van der Waals surface area contributed by atoms with E-state index in [1.54, 1.807) is 60.6 Å². The summed E-state index contributed by atoms with van der Waals surface area (Å²) >= 11 is 1.19. The molecule has 28 heteroatoms. The number of aliphatic hydroxyl groups excluding tert-OH is 1. The van der Waals surface area contributed by atoms with Crippen LogP contribution in [0.2, 0.25) is 0 Å². The monoisotopic (exact) mass is 1400 g/mol. The van der Waals surface area contributed by atoms with E-state index in [4.69, 9.17) is 5.11 Å². The van der Waals surface area contributed by atoms with Crippen LogP contribution in [0.4, 0.5) is 0 Å². The summed E-state index contributed by atoms with van der Waals surface area (Å²) in [6.45, 7) is 29.7. The largest absolute Gasteiger partial charge is 0.481 e. The molecule has 1 heterocycles. The molecule has 12 amide bonds. The van der Waals surface area contributed by atoms with Crippen LogP contribution in [0.3, 0.4) is 0 Å². The number of carbonyl (C=O) groups excluding carboxylic acids is 12. The van der Waals surface area contributed by atoms with Crippen molar-refractivity contribution in [3.8, 4) is 0 Å². The average molecular weight is 1410 g/mol. The Hall–Kier alpha value is -6.84. The van der Waals surface area contributed by atoms with Crippen LogP contribution in [0, 0.1) is 41.4 Å². The maximum absolute atomic E-state index is 15.4. The highest BCUT2D eigenvalue weighted by Gasteiger charge is 2.46. The molecule has 27 nitrogen and oxygen atoms in total. The second-order valence-corrected chi connectivity index (χ2v) is 30.1. The summed E-state index contributed by atoms with van der Waals surface area (Å²) in [5.74, 6) is -11.9. The van der Waals surface area contributed by atoms with E-state index in [-0.39, 0.29) is 105 Å². The van der Waals surface area contributed by atoms with Crippen molar-refractivity contribution in [2.24, 2.45) is 41.4 Å². The molecule has 0 aromatic rings. The molecule has 98 heavy (non-hydrogen) atoms. The Bertz CT molecular complexity index is 2730. The van der Waals surface area contributed by atoms with E-state index in [1.807, 2.05) is 55.4 Å². The Morgan fingerprint density at radius 2 is 0.929 bits per heavy atom. The Morgan fingerprint density at radius 1 is 0.500 bits per heavy atom. The number of nitrogens with one attached hydrogen (secondary N) is 5. The molecule has 1 aliphatic heterocycles. The minimum atomic E-state index is -1.69. The van der Waals surface area contributed by atoms with Gasteiger partial charge in [-0.2, -0.15) is 11.8 Å². The number of likely N-dealkylation sites (N-methyl/N-ethyl adjacent to an activating group) is 7. The summed E-state index contributed by atoms with van der Waals surface area (Å²) in [5.41, 5.74) is 0. The molecule has 0 aliphatic carbocycles. The number of nitrogens with zero attached hydrogens (tertiary/aromatic N) is 7. The topological polar surface area (TPSA) is 345 Å². The van der Waals surface area contributed by atoms with Crippen LogP contribution in [-0.2, 0) is 62.3 Å². The highest BCUT2D eigenvalue weighted by molar-refractivity contribution is 7.99. The van der Waals surface area contributed by atoms with Crippen LogP contribution >= 0.6 is 11.8 Å². The average Bonchev–Trinajstić information content (AvgIpc) is 0.807. The summed E-state index contributed by atoms with van der Waals surface area (Å²) in [6.07, 6.45) is 2.48. The van der Waals surface area contributed by atoms with E-state index in [1.165, 1.54) is 99.4 Å². The number of aliphatic hydroxyl groups is 1. The van der Waals surface area contributed by atoms with Gasteiger partial charge in [0.15, 0.2) is 0 Å². The van der Waals surface area contributed by atoms with Gasteiger partial charge in [0.2, 0.25) is 70.9 Å². The summed E-state index contributed by atoms with van der Waals surface area (Å²) < 4.78 is 0. The standard InChI is InChI=1S/C70H124N12O15S/c1-25-27-29-45(15)59(86)58-63(90)74-48(26-2)65(92)80(22)53(38-98-33-32-71-54(83)30-28-31-55(84)85)68(95)76(18)50(35-40(5)6)62(89)75-56(43(11)12)69(96)77(19)49(34-39(3)4)61(88)72-46(16)60(87)73-47(17)64(91)78(20)51(36-41(7)8)66(93)79(21)52(37-42(9)10)67(94)81(23)57(44(13)14)70(97)82(58)24/h25,27,39-53,56-59,86H,26,28-38H2,1-24H3,(H,71,83)(H,72,88)(H,73,87)(H,74,90)(H,75,89)(H,84,85)/b27-25+/t45-,46+,47-,48+,49+,50+,51+,52+,53?,56+,57+,58?,59-/m1/s1. The van der Waals surface area contributed by atoms with Crippen LogP contribution in [-0.4, -0.2) is 261 Å². The number of amides is 12. The summed E-state index contributed by atoms with van der Waals surface area (Å²) in [6, 6.07) is -14.4. The molecule has 13 atom stereocenters. The van der Waals surface area contributed by atoms with E-state index < -0.39 is 161 Å². The van der Waals surface area contributed by atoms with Gasteiger partial charge in [0, 0.05) is 80.2 Å². The van der Waals surface area contributed by atoms with Gasteiger partial charge in [-0.05, 0) is 107 Å². The van der Waals surface area contributed by atoms with Crippen molar-refractivity contribution in [2.45, 2.75) is 248 Å². The number of aliphatic carboxylic acids is 1. The Labute approximate surface area is 588 Å². The first-order valence-corrected chi connectivity index (χ1v) is 36.0. The molecule has 1 aliphatic rings.